The van der Waals surface area contributed by atoms with Crippen LogP contribution in [0.1, 0.15) is 6.92 Å². The van der Waals surface area contributed by atoms with Gasteiger partial charge in [-0.2, -0.15) is 5.10 Å². The Balaban J connectivity index is 1.63. The number of benzene rings is 2. The summed E-state index contributed by atoms with van der Waals surface area (Å²) < 4.78 is 26.2. The van der Waals surface area contributed by atoms with Crippen molar-refractivity contribution in [2.75, 3.05) is 10.5 Å². The summed E-state index contributed by atoms with van der Waals surface area (Å²) in [6.07, 6.45) is 5.37. The summed E-state index contributed by atoms with van der Waals surface area (Å²) in [5.74, 6) is 0.0248. The SMILES string of the molecule is CCS(=O)(=O)Nc1ccc(-c2n[nH]c3cnc4ccc(-c5cccnc5)cc4c23)cc1. The first-order chi connectivity index (χ1) is 15.0. The van der Waals surface area contributed by atoms with Crippen LogP contribution in [0.3, 0.4) is 0 Å². The summed E-state index contributed by atoms with van der Waals surface area (Å²) in [5, 5.41) is 9.54. The molecule has 8 heteroatoms. The van der Waals surface area contributed by atoms with Crippen molar-refractivity contribution in [3.8, 4) is 22.4 Å². The summed E-state index contributed by atoms with van der Waals surface area (Å²) >= 11 is 0. The third-order valence-electron chi connectivity index (χ3n) is 5.20. The van der Waals surface area contributed by atoms with Crippen LogP contribution in [0.5, 0.6) is 0 Å². The average molecular weight is 430 g/mol. The Morgan fingerprint density at radius 3 is 2.52 bits per heavy atom. The molecule has 0 atom stereocenters. The van der Waals surface area contributed by atoms with E-state index in [1.807, 2.05) is 42.6 Å². The quantitative estimate of drug-likeness (QED) is 0.425. The maximum absolute atomic E-state index is 11.8. The number of H-pyrrole nitrogens is 1. The Labute approximate surface area is 179 Å². The Morgan fingerprint density at radius 1 is 0.968 bits per heavy atom. The molecule has 5 aromatic rings. The van der Waals surface area contributed by atoms with Gasteiger partial charge in [-0.25, -0.2) is 8.42 Å². The fourth-order valence-corrected chi connectivity index (χ4v) is 4.21. The Kier molecular flexibility index (Phi) is 4.63. The van der Waals surface area contributed by atoms with Gasteiger partial charge in [-0.3, -0.25) is 19.8 Å². The molecule has 0 aliphatic heterocycles. The number of aromatic amines is 1. The van der Waals surface area contributed by atoms with Gasteiger partial charge in [-0.15, -0.1) is 0 Å². The van der Waals surface area contributed by atoms with E-state index in [9.17, 15) is 8.42 Å². The molecule has 7 nitrogen and oxygen atoms in total. The summed E-state index contributed by atoms with van der Waals surface area (Å²) in [4.78, 5) is 8.77. The van der Waals surface area contributed by atoms with E-state index in [2.05, 4.69) is 31.0 Å². The first kappa shape index (κ1) is 19.2. The molecule has 0 bridgehead atoms. The van der Waals surface area contributed by atoms with Gasteiger partial charge in [0, 0.05) is 40.0 Å². The van der Waals surface area contributed by atoms with E-state index in [0.29, 0.717) is 5.69 Å². The molecule has 3 aromatic heterocycles. The molecule has 154 valence electrons. The predicted molar refractivity (Wildman–Crippen MR) is 123 cm³/mol. The van der Waals surface area contributed by atoms with Crippen LogP contribution in [0.2, 0.25) is 0 Å². The maximum atomic E-state index is 11.8. The predicted octanol–water partition coefficient (Wildman–Crippen LogP) is 4.60. The van der Waals surface area contributed by atoms with Gasteiger partial charge in [0.15, 0.2) is 0 Å². The standard InChI is InChI=1S/C23H19N5O2S/c1-2-31(29,30)28-18-8-5-15(6-9-18)23-22-19-12-16(17-4-3-11-24-13-17)7-10-20(19)25-14-21(22)26-27-23/h3-14,28H,2H2,1H3,(H,26,27). The lowest BCUT2D eigenvalue weighted by Gasteiger charge is -2.08. The second kappa shape index (κ2) is 7.48. The number of hydrogen-bond donors (Lipinski definition) is 2. The third kappa shape index (κ3) is 3.62. The Hall–Kier alpha value is -3.78. The normalized spacial score (nSPS) is 11.8. The molecule has 3 heterocycles. The van der Waals surface area contributed by atoms with Crippen molar-refractivity contribution in [2.24, 2.45) is 0 Å². The molecule has 0 radical (unpaired) electrons. The fraction of sp³-hybridized carbons (Fsp3) is 0.0870. The maximum Gasteiger partial charge on any atom is 0.232 e. The monoisotopic (exact) mass is 429 g/mol. The van der Waals surface area contributed by atoms with Crippen LogP contribution in [0.15, 0.2) is 73.2 Å². The second-order valence-electron chi connectivity index (χ2n) is 7.18. The first-order valence-electron chi connectivity index (χ1n) is 9.82. The van der Waals surface area contributed by atoms with Gasteiger partial charge in [0.05, 0.1) is 23.0 Å². The molecular weight excluding hydrogens is 410 g/mol. The molecule has 2 aromatic carbocycles. The van der Waals surface area contributed by atoms with Crippen molar-refractivity contribution in [1.29, 1.82) is 0 Å². The number of aromatic nitrogens is 4. The summed E-state index contributed by atoms with van der Waals surface area (Å²) in [7, 11) is -3.32. The Morgan fingerprint density at radius 2 is 1.77 bits per heavy atom. The molecule has 0 spiro atoms. The lowest BCUT2D eigenvalue weighted by Crippen LogP contribution is -2.14. The third-order valence-corrected chi connectivity index (χ3v) is 6.51. The first-order valence-corrected chi connectivity index (χ1v) is 11.5. The van der Waals surface area contributed by atoms with Gasteiger partial charge < -0.3 is 0 Å². The molecule has 5 rings (SSSR count). The van der Waals surface area contributed by atoms with E-state index in [1.54, 1.807) is 31.5 Å². The highest BCUT2D eigenvalue weighted by atomic mass is 32.2. The molecule has 0 unspecified atom stereocenters. The second-order valence-corrected chi connectivity index (χ2v) is 9.19. The van der Waals surface area contributed by atoms with Crippen LogP contribution in [0.25, 0.3) is 44.2 Å². The van der Waals surface area contributed by atoms with Gasteiger partial charge in [0.25, 0.3) is 0 Å². The number of sulfonamides is 1. The highest BCUT2D eigenvalue weighted by Crippen LogP contribution is 2.34. The van der Waals surface area contributed by atoms with Gasteiger partial charge in [0.2, 0.25) is 10.0 Å². The molecule has 0 saturated heterocycles. The van der Waals surface area contributed by atoms with Crippen molar-refractivity contribution < 1.29 is 8.42 Å². The number of nitrogens with zero attached hydrogens (tertiary/aromatic N) is 3. The molecule has 31 heavy (non-hydrogen) atoms. The smallest absolute Gasteiger partial charge is 0.232 e. The van der Waals surface area contributed by atoms with Crippen LogP contribution >= 0.6 is 0 Å². The topological polar surface area (TPSA) is 101 Å². The zero-order valence-electron chi connectivity index (χ0n) is 16.7. The largest absolute Gasteiger partial charge is 0.284 e. The summed E-state index contributed by atoms with van der Waals surface area (Å²) in [6, 6.07) is 17.3. The molecule has 0 aliphatic carbocycles. The van der Waals surface area contributed by atoms with Crippen molar-refractivity contribution >= 4 is 37.5 Å². The number of hydrogen-bond acceptors (Lipinski definition) is 5. The van der Waals surface area contributed by atoms with Crippen molar-refractivity contribution in [2.45, 2.75) is 6.92 Å². The minimum atomic E-state index is -3.32. The minimum absolute atomic E-state index is 0.0248. The minimum Gasteiger partial charge on any atom is -0.284 e. The summed E-state index contributed by atoms with van der Waals surface area (Å²) in [6.45, 7) is 1.60. The Bertz CT molecular complexity index is 1490. The van der Waals surface area contributed by atoms with Crippen LogP contribution in [-0.4, -0.2) is 34.3 Å². The van der Waals surface area contributed by atoms with Crippen LogP contribution < -0.4 is 4.72 Å². The number of pyridine rings is 2. The zero-order valence-corrected chi connectivity index (χ0v) is 17.5. The van der Waals surface area contributed by atoms with Crippen molar-refractivity contribution in [3.05, 3.63) is 73.2 Å². The van der Waals surface area contributed by atoms with E-state index in [0.717, 1.165) is 44.2 Å². The lowest BCUT2D eigenvalue weighted by atomic mass is 10.0. The lowest BCUT2D eigenvalue weighted by molar-refractivity contribution is 0.602. The zero-order chi connectivity index (χ0) is 21.4. The molecular formula is C23H19N5O2S. The van der Waals surface area contributed by atoms with Crippen molar-refractivity contribution in [1.82, 2.24) is 20.2 Å². The molecule has 0 saturated carbocycles. The number of anilines is 1. The van der Waals surface area contributed by atoms with Crippen LogP contribution in [0, 0.1) is 0 Å². The molecule has 2 N–H and O–H groups in total. The highest BCUT2D eigenvalue weighted by Gasteiger charge is 2.14. The number of nitrogens with one attached hydrogen (secondary N) is 2. The van der Waals surface area contributed by atoms with Crippen molar-refractivity contribution in [3.63, 3.8) is 0 Å². The van der Waals surface area contributed by atoms with Gasteiger partial charge in [0.1, 0.15) is 5.69 Å². The summed E-state index contributed by atoms with van der Waals surface area (Å²) in [5.41, 5.74) is 5.97. The molecule has 0 fully saturated rings. The van der Waals surface area contributed by atoms with E-state index in [1.165, 1.54) is 0 Å². The molecule has 0 amide bonds. The highest BCUT2D eigenvalue weighted by molar-refractivity contribution is 7.92. The number of rotatable bonds is 5. The van der Waals surface area contributed by atoms with Crippen LogP contribution in [0.4, 0.5) is 5.69 Å². The number of fused-ring (bicyclic) bond motifs is 3. The van der Waals surface area contributed by atoms with E-state index >= 15 is 0 Å². The van der Waals surface area contributed by atoms with E-state index in [-0.39, 0.29) is 5.75 Å². The van der Waals surface area contributed by atoms with Gasteiger partial charge in [-0.05, 0) is 42.8 Å². The fourth-order valence-electron chi connectivity index (χ4n) is 3.57. The van der Waals surface area contributed by atoms with Gasteiger partial charge in [-0.1, -0.05) is 24.3 Å². The van der Waals surface area contributed by atoms with E-state index in [4.69, 9.17) is 0 Å². The average Bonchev–Trinajstić information content (AvgIpc) is 3.24. The van der Waals surface area contributed by atoms with E-state index < -0.39 is 10.0 Å². The van der Waals surface area contributed by atoms with Crippen LogP contribution in [-0.2, 0) is 10.0 Å². The molecule has 0 aliphatic rings. The van der Waals surface area contributed by atoms with Gasteiger partial charge >= 0.3 is 0 Å².